The summed E-state index contributed by atoms with van der Waals surface area (Å²) in [7, 11) is 0. The number of nitrogens with one attached hydrogen (secondary N) is 2. The summed E-state index contributed by atoms with van der Waals surface area (Å²) >= 11 is 0. The zero-order valence-corrected chi connectivity index (χ0v) is 18.2. The van der Waals surface area contributed by atoms with Crippen molar-refractivity contribution >= 4 is 11.8 Å². The Kier molecular flexibility index (Phi) is 6.68. The highest BCUT2D eigenvalue weighted by Crippen LogP contribution is 2.32. The zero-order chi connectivity index (χ0) is 22.5. The van der Waals surface area contributed by atoms with E-state index in [1.54, 1.807) is 0 Å². The summed E-state index contributed by atoms with van der Waals surface area (Å²) in [6, 6.07) is 14.3. The fourth-order valence-electron chi connectivity index (χ4n) is 3.63. The van der Waals surface area contributed by atoms with Crippen molar-refractivity contribution in [2.75, 3.05) is 13.2 Å². The van der Waals surface area contributed by atoms with Crippen molar-refractivity contribution in [1.29, 1.82) is 0 Å². The molecule has 170 valence electrons. The standard InChI is InChI=1S/C24H28N2O6/c1-15(21-13-29-17-7-3-5-9-19(17)31-21)25-23(27)11-12-24(28)26-16(2)22-14-30-18-8-4-6-10-20(18)32-22/h3-10,15-16,21-22H,11-14H2,1-2H3,(H,25,27)(H,26,28)/t15-,16+,21-,22-/m0/s1. The van der Waals surface area contributed by atoms with E-state index in [1.165, 1.54) is 0 Å². The molecule has 2 aromatic rings. The third kappa shape index (κ3) is 5.25. The molecule has 0 aliphatic carbocycles. The summed E-state index contributed by atoms with van der Waals surface area (Å²) in [6.07, 6.45) is -0.432. The lowest BCUT2D eigenvalue weighted by molar-refractivity contribution is -0.128. The number of fused-ring (bicyclic) bond motifs is 2. The van der Waals surface area contributed by atoms with Gasteiger partial charge in [0.15, 0.2) is 35.2 Å². The molecule has 2 amide bonds. The van der Waals surface area contributed by atoms with Crippen molar-refractivity contribution in [2.45, 2.75) is 51.0 Å². The molecule has 0 saturated heterocycles. The Morgan fingerprint density at radius 1 is 0.750 bits per heavy atom. The molecule has 2 heterocycles. The first-order valence-corrected chi connectivity index (χ1v) is 10.9. The van der Waals surface area contributed by atoms with Crippen LogP contribution in [0.15, 0.2) is 48.5 Å². The van der Waals surface area contributed by atoms with E-state index in [-0.39, 0.29) is 48.9 Å². The molecule has 2 N–H and O–H groups in total. The lowest BCUT2D eigenvalue weighted by atomic mass is 10.1. The van der Waals surface area contributed by atoms with Crippen LogP contribution in [-0.2, 0) is 9.59 Å². The topological polar surface area (TPSA) is 95.1 Å². The number of ether oxygens (including phenoxy) is 4. The van der Waals surface area contributed by atoms with Gasteiger partial charge in [-0.2, -0.15) is 0 Å². The fourth-order valence-corrected chi connectivity index (χ4v) is 3.63. The Morgan fingerprint density at radius 3 is 1.53 bits per heavy atom. The van der Waals surface area contributed by atoms with Crippen molar-refractivity contribution in [1.82, 2.24) is 10.6 Å². The van der Waals surface area contributed by atoms with E-state index >= 15 is 0 Å². The Hall–Kier alpha value is -3.42. The predicted octanol–water partition coefficient (Wildman–Crippen LogP) is 2.46. The van der Waals surface area contributed by atoms with Crippen molar-refractivity contribution in [3.8, 4) is 23.0 Å². The molecule has 0 aromatic heterocycles. The minimum atomic E-state index is -0.297. The second-order valence-electron chi connectivity index (χ2n) is 8.04. The van der Waals surface area contributed by atoms with Gasteiger partial charge in [-0.3, -0.25) is 9.59 Å². The van der Waals surface area contributed by atoms with E-state index in [2.05, 4.69) is 10.6 Å². The highest BCUT2D eigenvalue weighted by Gasteiger charge is 2.28. The van der Waals surface area contributed by atoms with E-state index < -0.39 is 0 Å². The number of para-hydroxylation sites is 4. The van der Waals surface area contributed by atoms with Gasteiger partial charge in [-0.15, -0.1) is 0 Å². The molecular formula is C24H28N2O6. The molecule has 0 bridgehead atoms. The van der Waals surface area contributed by atoms with Gasteiger partial charge in [0.05, 0.1) is 12.1 Å². The van der Waals surface area contributed by atoms with Crippen LogP contribution < -0.4 is 29.6 Å². The molecule has 0 spiro atoms. The van der Waals surface area contributed by atoms with Crippen LogP contribution in [0.25, 0.3) is 0 Å². The normalized spacial score (nSPS) is 20.6. The van der Waals surface area contributed by atoms with Gasteiger partial charge in [-0.1, -0.05) is 24.3 Å². The molecule has 0 radical (unpaired) electrons. The molecule has 2 aliphatic heterocycles. The highest BCUT2D eigenvalue weighted by molar-refractivity contribution is 5.84. The Morgan fingerprint density at radius 2 is 1.12 bits per heavy atom. The van der Waals surface area contributed by atoms with Crippen LogP contribution in [0.1, 0.15) is 26.7 Å². The maximum absolute atomic E-state index is 12.3. The van der Waals surface area contributed by atoms with Crippen molar-refractivity contribution in [3.63, 3.8) is 0 Å². The number of carbonyl (C=O) groups is 2. The number of rotatable bonds is 7. The van der Waals surface area contributed by atoms with Crippen LogP contribution >= 0.6 is 0 Å². The average Bonchev–Trinajstić information content (AvgIpc) is 2.82. The van der Waals surface area contributed by atoms with Crippen molar-refractivity contribution in [2.24, 2.45) is 0 Å². The third-order valence-corrected chi connectivity index (χ3v) is 5.53. The SMILES string of the molecule is C[C@H](NC(=O)CCC(=O)N[C@H](C)[C@@H]1COc2ccccc2O1)[C@@H]1COc2ccccc2O1. The monoisotopic (exact) mass is 440 g/mol. The first-order valence-electron chi connectivity index (χ1n) is 10.9. The summed E-state index contributed by atoms with van der Waals surface area (Å²) < 4.78 is 23.2. The van der Waals surface area contributed by atoms with Gasteiger partial charge in [0.2, 0.25) is 11.8 Å². The molecule has 0 saturated carbocycles. The van der Waals surface area contributed by atoms with E-state index in [1.807, 2.05) is 62.4 Å². The maximum atomic E-state index is 12.3. The van der Waals surface area contributed by atoms with Gasteiger partial charge in [-0.05, 0) is 38.1 Å². The largest absolute Gasteiger partial charge is 0.486 e. The molecule has 2 aliphatic rings. The summed E-state index contributed by atoms with van der Waals surface area (Å²) in [5, 5.41) is 5.79. The molecule has 2 aromatic carbocycles. The van der Waals surface area contributed by atoms with Crippen LogP contribution in [0.4, 0.5) is 0 Å². The highest BCUT2D eigenvalue weighted by atomic mass is 16.6. The van der Waals surface area contributed by atoms with Crippen LogP contribution in [0.3, 0.4) is 0 Å². The number of benzene rings is 2. The van der Waals surface area contributed by atoms with Gasteiger partial charge >= 0.3 is 0 Å². The second-order valence-corrected chi connectivity index (χ2v) is 8.04. The maximum Gasteiger partial charge on any atom is 0.220 e. The number of amides is 2. The quantitative estimate of drug-likeness (QED) is 0.687. The van der Waals surface area contributed by atoms with E-state index in [0.29, 0.717) is 36.2 Å². The molecule has 8 nitrogen and oxygen atoms in total. The summed E-state index contributed by atoms with van der Waals surface area (Å²) in [6.45, 7) is 4.42. The molecule has 0 unspecified atom stereocenters. The Labute approximate surface area is 187 Å². The van der Waals surface area contributed by atoms with Gasteiger partial charge in [0.1, 0.15) is 13.2 Å². The number of hydrogen-bond acceptors (Lipinski definition) is 6. The van der Waals surface area contributed by atoms with Gasteiger partial charge < -0.3 is 29.6 Å². The number of carbonyl (C=O) groups excluding carboxylic acids is 2. The third-order valence-electron chi connectivity index (χ3n) is 5.53. The van der Waals surface area contributed by atoms with Crippen LogP contribution in [-0.4, -0.2) is 49.3 Å². The minimum Gasteiger partial charge on any atom is -0.486 e. The Bertz CT molecular complexity index is 888. The molecule has 4 rings (SSSR count). The first-order chi connectivity index (χ1) is 15.5. The zero-order valence-electron chi connectivity index (χ0n) is 18.2. The molecule has 4 atom stereocenters. The predicted molar refractivity (Wildman–Crippen MR) is 117 cm³/mol. The van der Waals surface area contributed by atoms with Crippen LogP contribution in [0.2, 0.25) is 0 Å². The van der Waals surface area contributed by atoms with E-state index in [4.69, 9.17) is 18.9 Å². The number of hydrogen-bond donors (Lipinski definition) is 2. The van der Waals surface area contributed by atoms with E-state index in [9.17, 15) is 9.59 Å². The molecule has 32 heavy (non-hydrogen) atoms. The minimum absolute atomic E-state index is 0.0813. The van der Waals surface area contributed by atoms with Crippen molar-refractivity contribution in [3.05, 3.63) is 48.5 Å². The van der Waals surface area contributed by atoms with Crippen molar-refractivity contribution < 1.29 is 28.5 Å². The second kappa shape index (κ2) is 9.80. The van der Waals surface area contributed by atoms with Gasteiger partial charge in [-0.25, -0.2) is 0 Å². The summed E-state index contributed by atoms with van der Waals surface area (Å²) in [5.74, 6) is 2.29. The van der Waals surface area contributed by atoms with Gasteiger partial charge in [0.25, 0.3) is 0 Å². The molecule has 0 fully saturated rings. The average molecular weight is 440 g/mol. The fraction of sp³-hybridized carbons (Fsp3) is 0.417. The van der Waals surface area contributed by atoms with E-state index in [0.717, 1.165) is 0 Å². The lowest BCUT2D eigenvalue weighted by Crippen LogP contribution is -2.49. The summed E-state index contributed by atoms with van der Waals surface area (Å²) in [4.78, 5) is 24.7. The lowest BCUT2D eigenvalue weighted by Gasteiger charge is -2.31. The molecular weight excluding hydrogens is 412 g/mol. The summed E-state index contributed by atoms with van der Waals surface area (Å²) in [5.41, 5.74) is 0. The smallest absolute Gasteiger partial charge is 0.220 e. The molecule has 8 heteroatoms. The Balaban J connectivity index is 1.18. The van der Waals surface area contributed by atoms with Crippen LogP contribution in [0.5, 0.6) is 23.0 Å². The first kappa shape index (κ1) is 21.8. The van der Waals surface area contributed by atoms with Crippen LogP contribution in [0, 0.1) is 0 Å². The van der Waals surface area contributed by atoms with Gasteiger partial charge in [0, 0.05) is 12.8 Å².